The Labute approximate surface area is 385 Å². The molecule has 66 heavy (non-hydrogen) atoms. The molecule has 11 aromatic carbocycles. The van der Waals surface area contributed by atoms with Crippen molar-refractivity contribution in [2.24, 2.45) is 0 Å². The number of nitrogens with zero attached hydrogens (tertiary/aromatic N) is 2. The molecular formula is C64H44N2. The first-order valence-corrected chi connectivity index (χ1v) is 22.7. The SMILES string of the molecule is c1ccc(-c2ccc3c4c(-c5cccc(N(c6ccc(-c7ccc(-c8cccc9ccccc89)cc7)cc6)c6ccccc6-c6ccccc6)c5)cccc4n(-c4ccccc4)c3c2)cc1. The number of para-hydroxylation sites is 2. The Kier molecular flexibility index (Phi) is 9.89. The molecule has 0 amide bonds. The van der Waals surface area contributed by atoms with Gasteiger partial charge in [-0.05, 0) is 115 Å². The molecule has 0 aliphatic heterocycles. The summed E-state index contributed by atoms with van der Waals surface area (Å²) in [6.45, 7) is 0. The Morgan fingerprint density at radius 1 is 0.273 bits per heavy atom. The van der Waals surface area contributed by atoms with Crippen LogP contribution in [0.5, 0.6) is 0 Å². The van der Waals surface area contributed by atoms with Crippen LogP contribution in [0.2, 0.25) is 0 Å². The quantitative estimate of drug-likeness (QED) is 0.141. The number of hydrogen-bond donors (Lipinski definition) is 0. The highest BCUT2D eigenvalue weighted by Gasteiger charge is 2.21. The lowest BCUT2D eigenvalue weighted by Gasteiger charge is -2.28. The molecule has 0 aliphatic carbocycles. The first-order valence-electron chi connectivity index (χ1n) is 22.7. The number of fused-ring (bicyclic) bond motifs is 4. The fourth-order valence-corrected chi connectivity index (χ4v) is 9.87. The van der Waals surface area contributed by atoms with Crippen molar-refractivity contribution in [3.05, 3.63) is 267 Å². The van der Waals surface area contributed by atoms with E-state index >= 15 is 0 Å². The zero-order valence-electron chi connectivity index (χ0n) is 36.3. The van der Waals surface area contributed by atoms with E-state index in [2.05, 4.69) is 276 Å². The lowest BCUT2D eigenvalue weighted by Crippen LogP contribution is -2.11. The van der Waals surface area contributed by atoms with E-state index in [1.54, 1.807) is 0 Å². The summed E-state index contributed by atoms with van der Waals surface area (Å²) in [7, 11) is 0. The molecule has 12 aromatic rings. The summed E-state index contributed by atoms with van der Waals surface area (Å²) in [4.78, 5) is 2.42. The lowest BCUT2D eigenvalue weighted by molar-refractivity contribution is 1.18. The highest BCUT2D eigenvalue weighted by atomic mass is 15.1. The molecule has 0 fully saturated rings. The predicted octanol–water partition coefficient (Wildman–Crippen LogP) is 17.7. The molecule has 0 radical (unpaired) electrons. The second kappa shape index (κ2) is 16.8. The van der Waals surface area contributed by atoms with E-state index < -0.39 is 0 Å². The fourth-order valence-electron chi connectivity index (χ4n) is 9.87. The molecule has 1 heterocycles. The normalized spacial score (nSPS) is 11.3. The summed E-state index contributed by atoms with van der Waals surface area (Å²) in [5.74, 6) is 0. The molecule has 0 spiro atoms. The highest BCUT2D eigenvalue weighted by Crippen LogP contribution is 2.45. The van der Waals surface area contributed by atoms with Gasteiger partial charge < -0.3 is 9.47 Å². The Hall–Kier alpha value is -8.72. The standard InChI is InChI=1S/C64H44N2/c1-4-17-45(18-5-1)51-39-42-60-63(44-51)66(53-24-8-3-9-25-53)62-32-16-30-59(64(60)62)52-23-14-26-55(43-52)65(61-31-13-12-28-58(61)49-19-6-2-7-20-49)54-40-37-47(38-41-54)46-33-35-50(36-34-46)57-29-15-22-48-21-10-11-27-56(48)57/h1-44H. The van der Waals surface area contributed by atoms with E-state index in [0.717, 1.165) is 28.3 Å². The van der Waals surface area contributed by atoms with Crippen LogP contribution in [-0.4, -0.2) is 4.57 Å². The summed E-state index contributed by atoms with van der Waals surface area (Å²) < 4.78 is 2.42. The van der Waals surface area contributed by atoms with Crippen LogP contribution in [0, 0.1) is 0 Å². The summed E-state index contributed by atoms with van der Waals surface area (Å²) in [5.41, 5.74) is 18.7. The van der Waals surface area contributed by atoms with Crippen molar-refractivity contribution in [3.63, 3.8) is 0 Å². The van der Waals surface area contributed by atoms with E-state index in [1.165, 1.54) is 82.6 Å². The van der Waals surface area contributed by atoms with Crippen LogP contribution in [-0.2, 0) is 0 Å². The van der Waals surface area contributed by atoms with Crippen LogP contribution in [0.25, 0.3) is 93.9 Å². The van der Waals surface area contributed by atoms with Gasteiger partial charge in [0.1, 0.15) is 0 Å². The van der Waals surface area contributed by atoms with E-state index in [4.69, 9.17) is 0 Å². The predicted molar refractivity (Wildman–Crippen MR) is 280 cm³/mol. The zero-order valence-corrected chi connectivity index (χ0v) is 36.3. The molecule has 0 bridgehead atoms. The number of aromatic nitrogens is 1. The van der Waals surface area contributed by atoms with Gasteiger partial charge in [-0.1, -0.05) is 212 Å². The van der Waals surface area contributed by atoms with E-state index in [1.807, 2.05) is 0 Å². The monoisotopic (exact) mass is 840 g/mol. The lowest BCUT2D eigenvalue weighted by atomic mass is 9.96. The van der Waals surface area contributed by atoms with Crippen molar-refractivity contribution in [3.8, 4) is 61.3 Å². The molecular weight excluding hydrogens is 797 g/mol. The second-order valence-corrected chi connectivity index (χ2v) is 16.9. The van der Waals surface area contributed by atoms with Crippen LogP contribution in [0.15, 0.2) is 267 Å². The third-order valence-corrected chi connectivity index (χ3v) is 13.0. The summed E-state index contributed by atoms with van der Waals surface area (Å²) in [6, 6.07) is 96.8. The Bertz CT molecular complexity index is 3660. The summed E-state index contributed by atoms with van der Waals surface area (Å²) in [6.07, 6.45) is 0. The van der Waals surface area contributed by atoms with Crippen molar-refractivity contribution in [1.29, 1.82) is 0 Å². The Morgan fingerprint density at radius 3 is 1.59 bits per heavy atom. The van der Waals surface area contributed by atoms with Crippen molar-refractivity contribution in [1.82, 2.24) is 4.57 Å². The molecule has 0 saturated carbocycles. The van der Waals surface area contributed by atoms with E-state index in [0.29, 0.717) is 0 Å². The minimum Gasteiger partial charge on any atom is -0.310 e. The van der Waals surface area contributed by atoms with Crippen LogP contribution in [0.3, 0.4) is 0 Å². The third kappa shape index (κ3) is 7.02. The third-order valence-electron chi connectivity index (χ3n) is 13.0. The van der Waals surface area contributed by atoms with Gasteiger partial charge in [-0.25, -0.2) is 0 Å². The van der Waals surface area contributed by atoms with Gasteiger partial charge >= 0.3 is 0 Å². The molecule has 0 unspecified atom stereocenters. The maximum atomic E-state index is 2.42. The van der Waals surface area contributed by atoms with Crippen LogP contribution in [0.1, 0.15) is 0 Å². The van der Waals surface area contributed by atoms with Gasteiger partial charge in [0.25, 0.3) is 0 Å². The molecule has 1 aromatic heterocycles. The number of benzene rings is 11. The van der Waals surface area contributed by atoms with E-state index in [-0.39, 0.29) is 0 Å². The van der Waals surface area contributed by atoms with Crippen molar-refractivity contribution >= 4 is 49.6 Å². The Balaban J connectivity index is 0.983. The maximum absolute atomic E-state index is 2.42. The van der Waals surface area contributed by atoms with Gasteiger partial charge in [-0.3, -0.25) is 0 Å². The van der Waals surface area contributed by atoms with Gasteiger partial charge in [0.15, 0.2) is 0 Å². The molecule has 2 heteroatoms. The minimum absolute atomic E-state index is 1.08. The van der Waals surface area contributed by atoms with Gasteiger partial charge in [0.2, 0.25) is 0 Å². The molecule has 12 rings (SSSR count). The largest absolute Gasteiger partial charge is 0.310 e. The van der Waals surface area contributed by atoms with Crippen molar-refractivity contribution in [2.75, 3.05) is 4.90 Å². The van der Waals surface area contributed by atoms with Gasteiger partial charge in [-0.15, -0.1) is 0 Å². The van der Waals surface area contributed by atoms with Gasteiger partial charge in [0.05, 0.1) is 16.7 Å². The minimum atomic E-state index is 1.08. The van der Waals surface area contributed by atoms with Crippen molar-refractivity contribution < 1.29 is 0 Å². The fraction of sp³-hybridized carbons (Fsp3) is 0. The van der Waals surface area contributed by atoms with E-state index in [9.17, 15) is 0 Å². The average molecular weight is 841 g/mol. The van der Waals surface area contributed by atoms with Crippen LogP contribution >= 0.6 is 0 Å². The molecule has 0 atom stereocenters. The summed E-state index contributed by atoms with van der Waals surface area (Å²) >= 11 is 0. The molecule has 0 saturated heterocycles. The average Bonchev–Trinajstić information content (AvgIpc) is 3.74. The van der Waals surface area contributed by atoms with Gasteiger partial charge in [0, 0.05) is 33.4 Å². The van der Waals surface area contributed by atoms with Crippen molar-refractivity contribution in [2.45, 2.75) is 0 Å². The first-order chi connectivity index (χ1) is 32.7. The maximum Gasteiger partial charge on any atom is 0.0547 e. The van der Waals surface area contributed by atoms with Crippen LogP contribution in [0.4, 0.5) is 17.1 Å². The highest BCUT2D eigenvalue weighted by molar-refractivity contribution is 6.16. The molecule has 310 valence electrons. The Morgan fingerprint density at radius 2 is 0.803 bits per heavy atom. The number of hydrogen-bond acceptors (Lipinski definition) is 1. The number of anilines is 3. The molecule has 0 N–H and O–H groups in total. The molecule has 2 nitrogen and oxygen atoms in total. The number of rotatable bonds is 9. The second-order valence-electron chi connectivity index (χ2n) is 16.9. The first kappa shape index (κ1) is 38.9. The smallest absolute Gasteiger partial charge is 0.0547 e. The molecule has 0 aliphatic rings. The zero-order chi connectivity index (χ0) is 43.8. The topological polar surface area (TPSA) is 8.17 Å². The van der Waals surface area contributed by atoms with Crippen LogP contribution < -0.4 is 4.90 Å². The van der Waals surface area contributed by atoms with Gasteiger partial charge in [-0.2, -0.15) is 0 Å². The summed E-state index contributed by atoms with van der Waals surface area (Å²) in [5, 5.41) is 4.98.